The van der Waals surface area contributed by atoms with Gasteiger partial charge in [0.25, 0.3) is 0 Å². The number of hydrogen-bond donors (Lipinski definition) is 0. The van der Waals surface area contributed by atoms with E-state index in [0.717, 1.165) is 24.0 Å². The molecule has 0 aromatic heterocycles. The van der Waals surface area contributed by atoms with Crippen molar-refractivity contribution in [3.8, 4) is 0 Å². The van der Waals surface area contributed by atoms with Crippen molar-refractivity contribution in [1.29, 1.82) is 0 Å². The van der Waals surface area contributed by atoms with Crippen molar-refractivity contribution in [2.24, 2.45) is 5.92 Å². The lowest BCUT2D eigenvalue weighted by atomic mass is 10.1. The van der Waals surface area contributed by atoms with Gasteiger partial charge in [-0.2, -0.15) is 0 Å². The Morgan fingerprint density at radius 1 is 1.00 bits per heavy atom. The molecule has 2 fully saturated rings. The molecule has 0 aromatic carbocycles. The fourth-order valence-electron chi connectivity index (χ4n) is 3.49. The summed E-state index contributed by atoms with van der Waals surface area (Å²) in [5, 5.41) is 0. The number of piperazine rings is 1. The van der Waals surface area contributed by atoms with Gasteiger partial charge in [-0.25, -0.2) is 0 Å². The van der Waals surface area contributed by atoms with E-state index in [9.17, 15) is 0 Å². The largest absolute Gasteiger partial charge is 0.300 e. The predicted molar refractivity (Wildman–Crippen MR) is 69.7 cm³/mol. The van der Waals surface area contributed by atoms with Crippen molar-refractivity contribution in [3.05, 3.63) is 0 Å². The van der Waals surface area contributed by atoms with Gasteiger partial charge >= 0.3 is 0 Å². The van der Waals surface area contributed by atoms with E-state index >= 15 is 0 Å². The molecule has 0 aromatic rings. The highest BCUT2D eigenvalue weighted by atomic mass is 15.3. The molecular formula is C14H28N2. The molecule has 0 spiro atoms. The summed E-state index contributed by atoms with van der Waals surface area (Å²) in [5.74, 6) is 0.848. The molecule has 0 amide bonds. The third kappa shape index (κ3) is 2.60. The highest BCUT2D eigenvalue weighted by Gasteiger charge is 2.40. The third-order valence-corrected chi connectivity index (χ3v) is 4.23. The van der Waals surface area contributed by atoms with Gasteiger partial charge in [0, 0.05) is 31.2 Å². The van der Waals surface area contributed by atoms with Crippen LogP contribution in [0.15, 0.2) is 0 Å². The summed E-state index contributed by atoms with van der Waals surface area (Å²) in [4.78, 5) is 5.48. The van der Waals surface area contributed by atoms with Crippen LogP contribution < -0.4 is 0 Å². The van der Waals surface area contributed by atoms with Crippen molar-refractivity contribution in [3.63, 3.8) is 0 Å². The molecule has 94 valence electrons. The van der Waals surface area contributed by atoms with Crippen molar-refractivity contribution < 1.29 is 0 Å². The predicted octanol–water partition coefficient (Wildman–Crippen LogP) is 2.59. The Morgan fingerprint density at radius 2 is 1.56 bits per heavy atom. The summed E-state index contributed by atoms with van der Waals surface area (Å²) in [7, 11) is 0. The van der Waals surface area contributed by atoms with Crippen LogP contribution in [-0.2, 0) is 0 Å². The summed E-state index contributed by atoms with van der Waals surface area (Å²) < 4.78 is 0. The molecule has 0 saturated carbocycles. The number of nitrogens with zero attached hydrogens (tertiary/aromatic N) is 2. The quantitative estimate of drug-likeness (QED) is 0.724. The Morgan fingerprint density at radius 3 is 2.00 bits per heavy atom. The van der Waals surface area contributed by atoms with Crippen LogP contribution in [0.2, 0.25) is 0 Å². The summed E-state index contributed by atoms with van der Waals surface area (Å²) in [5.41, 5.74) is 0. The number of likely N-dealkylation sites (tertiary alicyclic amines) is 1. The van der Waals surface area contributed by atoms with E-state index in [1.54, 1.807) is 0 Å². The molecule has 2 saturated heterocycles. The van der Waals surface area contributed by atoms with E-state index < -0.39 is 0 Å². The first-order valence-corrected chi connectivity index (χ1v) is 7.07. The molecule has 2 bridgehead atoms. The summed E-state index contributed by atoms with van der Waals surface area (Å²) in [6.07, 6.45) is 4.23. The van der Waals surface area contributed by atoms with E-state index in [-0.39, 0.29) is 0 Å². The fourth-order valence-corrected chi connectivity index (χ4v) is 3.49. The molecule has 2 aliphatic rings. The minimum absolute atomic E-state index is 0.741. The van der Waals surface area contributed by atoms with Crippen LogP contribution in [0.3, 0.4) is 0 Å². The number of hydrogen-bond acceptors (Lipinski definition) is 2. The summed E-state index contributed by atoms with van der Waals surface area (Å²) >= 11 is 0. The minimum Gasteiger partial charge on any atom is -0.300 e. The molecular weight excluding hydrogens is 196 g/mol. The van der Waals surface area contributed by atoms with Gasteiger partial charge in [0.05, 0.1) is 0 Å². The lowest BCUT2D eigenvalue weighted by Gasteiger charge is -2.43. The highest BCUT2D eigenvalue weighted by molar-refractivity contribution is 4.97. The molecule has 2 unspecified atom stereocenters. The van der Waals surface area contributed by atoms with E-state index in [1.807, 2.05) is 0 Å². The molecule has 0 radical (unpaired) electrons. The first-order chi connectivity index (χ1) is 7.58. The van der Waals surface area contributed by atoms with Gasteiger partial charge in [0.1, 0.15) is 0 Å². The topological polar surface area (TPSA) is 6.48 Å². The average Bonchev–Trinajstić information content (AvgIpc) is 2.48. The molecule has 2 aliphatic heterocycles. The molecule has 2 rings (SSSR count). The Hall–Kier alpha value is -0.0800. The second-order valence-electron chi connectivity index (χ2n) is 6.37. The normalized spacial score (nSPS) is 31.9. The summed E-state index contributed by atoms with van der Waals surface area (Å²) in [6.45, 7) is 13.3. The Balaban J connectivity index is 1.87. The zero-order chi connectivity index (χ0) is 11.7. The molecule has 2 nitrogen and oxygen atoms in total. The zero-order valence-corrected chi connectivity index (χ0v) is 11.4. The Kier molecular flexibility index (Phi) is 3.91. The second kappa shape index (κ2) is 5.05. The molecule has 16 heavy (non-hydrogen) atoms. The first kappa shape index (κ1) is 12.4. The summed E-state index contributed by atoms with van der Waals surface area (Å²) in [6, 6.07) is 2.45. The van der Waals surface area contributed by atoms with Crippen LogP contribution in [-0.4, -0.2) is 47.6 Å². The van der Waals surface area contributed by atoms with E-state index in [4.69, 9.17) is 0 Å². The highest BCUT2D eigenvalue weighted by Crippen LogP contribution is 2.31. The van der Waals surface area contributed by atoms with E-state index in [1.165, 1.54) is 38.9 Å². The Bertz CT molecular complexity index is 211. The van der Waals surface area contributed by atoms with Crippen LogP contribution in [0, 0.1) is 5.92 Å². The van der Waals surface area contributed by atoms with Crippen molar-refractivity contribution in [2.75, 3.05) is 19.6 Å². The van der Waals surface area contributed by atoms with Crippen LogP contribution in [0.5, 0.6) is 0 Å². The smallest absolute Gasteiger partial charge is 0.0229 e. The van der Waals surface area contributed by atoms with Gasteiger partial charge in [0.2, 0.25) is 0 Å². The SMILES string of the molecule is CC(C)CCN1CC2CCC(C1)N2C(C)C. The third-order valence-electron chi connectivity index (χ3n) is 4.23. The van der Waals surface area contributed by atoms with Gasteiger partial charge in [-0.3, -0.25) is 4.90 Å². The van der Waals surface area contributed by atoms with Gasteiger partial charge in [-0.15, -0.1) is 0 Å². The molecule has 2 heterocycles. The maximum atomic E-state index is 2.77. The molecule has 2 atom stereocenters. The van der Waals surface area contributed by atoms with E-state index in [2.05, 4.69) is 37.5 Å². The monoisotopic (exact) mass is 224 g/mol. The minimum atomic E-state index is 0.741. The van der Waals surface area contributed by atoms with Gasteiger partial charge in [-0.05, 0) is 45.6 Å². The molecule has 0 aliphatic carbocycles. The van der Waals surface area contributed by atoms with Gasteiger partial charge in [-0.1, -0.05) is 13.8 Å². The van der Waals surface area contributed by atoms with Gasteiger partial charge < -0.3 is 4.90 Å². The van der Waals surface area contributed by atoms with Crippen molar-refractivity contribution >= 4 is 0 Å². The standard InChI is InChI=1S/C14H28N2/c1-11(2)7-8-15-9-13-5-6-14(10-15)16(13)12(3)4/h11-14H,5-10H2,1-4H3. The lowest BCUT2D eigenvalue weighted by molar-refractivity contribution is 0.0418. The zero-order valence-electron chi connectivity index (χ0n) is 11.4. The maximum Gasteiger partial charge on any atom is 0.0229 e. The van der Waals surface area contributed by atoms with Crippen LogP contribution in [0.25, 0.3) is 0 Å². The van der Waals surface area contributed by atoms with Crippen molar-refractivity contribution in [2.45, 2.75) is 65.1 Å². The van der Waals surface area contributed by atoms with Crippen LogP contribution >= 0.6 is 0 Å². The van der Waals surface area contributed by atoms with Gasteiger partial charge in [0.15, 0.2) is 0 Å². The van der Waals surface area contributed by atoms with E-state index in [0.29, 0.717) is 0 Å². The fraction of sp³-hybridized carbons (Fsp3) is 1.00. The second-order valence-corrected chi connectivity index (χ2v) is 6.37. The van der Waals surface area contributed by atoms with Crippen molar-refractivity contribution in [1.82, 2.24) is 9.80 Å². The molecule has 2 heteroatoms. The number of rotatable bonds is 4. The Labute approximate surface area is 101 Å². The number of fused-ring (bicyclic) bond motifs is 2. The van der Waals surface area contributed by atoms with Crippen LogP contribution in [0.4, 0.5) is 0 Å². The maximum absolute atomic E-state index is 2.77. The van der Waals surface area contributed by atoms with Crippen LogP contribution in [0.1, 0.15) is 47.0 Å². The first-order valence-electron chi connectivity index (χ1n) is 7.07. The molecule has 0 N–H and O–H groups in total. The lowest BCUT2D eigenvalue weighted by Crippen LogP contribution is -2.56. The average molecular weight is 224 g/mol.